The minimum atomic E-state index is -0.475. The van der Waals surface area contributed by atoms with E-state index < -0.39 is 5.82 Å². The predicted molar refractivity (Wildman–Crippen MR) is 161 cm³/mol. The second kappa shape index (κ2) is 10.6. The summed E-state index contributed by atoms with van der Waals surface area (Å²) in [5.41, 5.74) is 3.10. The maximum absolute atomic E-state index is 14.8. The molecule has 206 valence electrons. The van der Waals surface area contributed by atoms with Crippen LogP contribution in [0.5, 0.6) is 0 Å². The first kappa shape index (κ1) is 25.6. The molecule has 0 bridgehead atoms. The number of rotatable bonds is 6. The van der Waals surface area contributed by atoms with Gasteiger partial charge in [0.05, 0.1) is 40.2 Å². The van der Waals surface area contributed by atoms with Crippen molar-refractivity contribution in [2.45, 2.75) is 0 Å². The van der Waals surface area contributed by atoms with Crippen molar-refractivity contribution in [1.82, 2.24) is 24.8 Å². The van der Waals surface area contributed by atoms with Crippen molar-refractivity contribution < 1.29 is 9.13 Å². The quantitative estimate of drug-likeness (QED) is 0.219. The highest BCUT2D eigenvalue weighted by Gasteiger charge is 2.19. The number of pyridine rings is 2. The number of hydrogen-bond acceptors (Lipinski definition) is 6. The van der Waals surface area contributed by atoms with Gasteiger partial charge in [-0.15, -0.1) is 0 Å². The van der Waals surface area contributed by atoms with E-state index >= 15 is 0 Å². The number of H-pyrrole nitrogens is 2. The molecule has 0 unspecified atom stereocenters. The number of imidazole rings is 1. The summed E-state index contributed by atoms with van der Waals surface area (Å²) >= 11 is 6.34. The van der Waals surface area contributed by atoms with Crippen LogP contribution in [0, 0.1) is 5.82 Å². The standard InChI is InChI=1S/C31H26ClFN6O2/c32-23-2-1-3-24(33)27(23)30-37-28-20-6-4-18(16-22(20)26-21(29(28)38-30)8-9-35-31(26)40)19-5-7-25(36-17-19)34-10-11-39-12-14-41-15-13-39/h1-9,16-17H,10-15H2,(H,34,36)(H,35,40)(H,37,38). The van der Waals surface area contributed by atoms with Crippen molar-refractivity contribution in [3.05, 3.63) is 88.2 Å². The van der Waals surface area contributed by atoms with E-state index in [1.807, 2.05) is 42.6 Å². The van der Waals surface area contributed by atoms with Gasteiger partial charge in [0.15, 0.2) is 0 Å². The van der Waals surface area contributed by atoms with Crippen molar-refractivity contribution in [1.29, 1.82) is 0 Å². The van der Waals surface area contributed by atoms with Crippen molar-refractivity contribution in [2.24, 2.45) is 0 Å². The number of anilines is 1. The summed E-state index contributed by atoms with van der Waals surface area (Å²) in [6, 6.07) is 16.2. The van der Waals surface area contributed by atoms with E-state index in [2.05, 4.69) is 25.2 Å². The Hall–Kier alpha value is -4.31. The molecular formula is C31H26ClFN6O2. The Morgan fingerprint density at radius 2 is 1.88 bits per heavy atom. The largest absolute Gasteiger partial charge is 0.379 e. The molecule has 0 spiro atoms. The third-order valence-corrected chi connectivity index (χ3v) is 7.93. The average Bonchev–Trinajstić information content (AvgIpc) is 3.43. The highest BCUT2D eigenvalue weighted by Crippen LogP contribution is 2.37. The van der Waals surface area contributed by atoms with Crippen molar-refractivity contribution in [2.75, 3.05) is 44.7 Å². The Kier molecular flexibility index (Phi) is 6.62. The third kappa shape index (κ3) is 4.72. The molecule has 0 radical (unpaired) electrons. The predicted octanol–water partition coefficient (Wildman–Crippen LogP) is 5.82. The molecule has 1 aliphatic rings. The Balaban J connectivity index is 1.27. The van der Waals surface area contributed by atoms with E-state index in [1.165, 1.54) is 6.07 Å². The van der Waals surface area contributed by atoms with Gasteiger partial charge in [-0.25, -0.2) is 14.4 Å². The van der Waals surface area contributed by atoms with E-state index in [1.54, 1.807) is 18.3 Å². The Morgan fingerprint density at radius 1 is 1.02 bits per heavy atom. The molecule has 3 aromatic carbocycles. The van der Waals surface area contributed by atoms with Crippen molar-refractivity contribution >= 4 is 50.0 Å². The van der Waals surface area contributed by atoms with Crippen LogP contribution in [0.1, 0.15) is 0 Å². The van der Waals surface area contributed by atoms with Gasteiger partial charge in [0.2, 0.25) is 0 Å². The van der Waals surface area contributed by atoms with Crippen LogP contribution in [0.4, 0.5) is 10.2 Å². The van der Waals surface area contributed by atoms with E-state index in [9.17, 15) is 9.18 Å². The summed E-state index contributed by atoms with van der Waals surface area (Å²) in [6.07, 6.45) is 3.43. The fourth-order valence-electron chi connectivity index (χ4n) is 5.53. The molecule has 1 fully saturated rings. The van der Waals surface area contributed by atoms with Crippen LogP contribution in [0.3, 0.4) is 0 Å². The first-order valence-electron chi connectivity index (χ1n) is 13.5. The smallest absolute Gasteiger partial charge is 0.256 e. The number of hydrogen-bond donors (Lipinski definition) is 3. The lowest BCUT2D eigenvalue weighted by molar-refractivity contribution is 0.0398. The van der Waals surface area contributed by atoms with Crippen LogP contribution in [0.15, 0.2) is 71.8 Å². The van der Waals surface area contributed by atoms with Gasteiger partial charge in [0.1, 0.15) is 17.5 Å². The number of morpholine rings is 1. The van der Waals surface area contributed by atoms with Gasteiger partial charge in [-0.2, -0.15) is 0 Å². The van der Waals surface area contributed by atoms with Crippen molar-refractivity contribution in [3.63, 3.8) is 0 Å². The van der Waals surface area contributed by atoms with Crippen LogP contribution in [0.2, 0.25) is 5.02 Å². The maximum atomic E-state index is 14.8. The number of aromatic amines is 2. The SMILES string of the molecule is O=c1[nH]ccc2c3[nH]c(-c4c(F)cccc4Cl)nc3c3ccc(-c4ccc(NCCN5CCOCC5)nc4)cc3c12. The molecule has 4 heterocycles. The Morgan fingerprint density at radius 3 is 2.68 bits per heavy atom. The summed E-state index contributed by atoms with van der Waals surface area (Å²) in [5, 5.41) is 6.39. The molecule has 0 amide bonds. The molecule has 7 rings (SSSR count). The Labute approximate surface area is 239 Å². The topological polar surface area (TPSA) is 98.9 Å². The molecule has 3 aromatic heterocycles. The summed E-state index contributed by atoms with van der Waals surface area (Å²) in [6.45, 7) is 5.22. The number of benzene rings is 3. The average molecular weight is 569 g/mol. The lowest BCUT2D eigenvalue weighted by Gasteiger charge is -2.26. The number of aromatic nitrogens is 4. The second-order valence-electron chi connectivity index (χ2n) is 10.1. The molecule has 0 aliphatic carbocycles. The van der Waals surface area contributed by atoms with Gasteiger partial charge in [0.25, 0.3) is 5.56 Å². The fraction of sp³-hybridized carbons (Fsp3) is 0.194. The number of nitrogens with zero attached hydrogens (tertiary/aromatic N) is 3. The number of fused-ring (bicyclic) bond motifs is 6. The zero-order valence-electron chi connectivity index (χ0n) is 22.0. The molecular weight excluding hydrogens is 543 g/mol. The summed E-state index contributed by atoms with van der Waals surface area (Å²) in [4.78, 5) is 30.9. The summed E-state index contributed by atoms with van der Waals surface area (Å²) in [5.74, 6) is 0.640. The van der Waals surface area contributed by atoms with Crippen LogP contribution < -0.4 is 10.9 Å². The first-order chi connectivity index (χ1) is 20.1. The minimum Gasteiger partial charge on any atom is -0.379 e. The molecule has 3 N–H and O–H groups in total. The number of halogens is 2. The normalized spacial score (nSPS) is 14.3. The van der Waals surface area contributed by atoms with Gasteiger partial charge in [-0.3, -0.25) is 9.69 Å². The van der Waals surface area contributed by atoms with Crippen molar-refractivity contribution in [3.8, 4) is 22.5 Å². The van der Waals surface area contributed by atoms with Gasteiger partial charge in [0, 0.05) is 54.9 Å². The van der Waals surface area contributed by atoms with Gasteiger partial charge < -0.3 is 20.0 Å². The monoisotopic (exact) mass is 568 g/mol. The zero-order chi connectivity index (χ0) is 27.9. The minimum absolute atomic E-state index is 0.192. The Bertz CT molecular complexity index is 1940. The fourth-order valence-corrected chi connectivity index (χ4v) is 5.79. The van der Waals surface area contributed by atoms with Gasteiger partial charge in [-0.1, -0.05) is 29.8 Å². The molecule has 1 saturated heterocycles. The lowest BCUT2D eigenvalue weighted by Crippen LogP contribution is -2.39. The third-order valence-electron chi connectivity index (χ3n) is 7.61. The number of nitrogens with one attached hydrogen (secondary N) is 3. The molecule has 0 saturated carbocycles. The molecule has 10 heteroatoms. The first-order valence-corrected chi connectivity index (χ1v) is 13.9. The second-order valence-corrected chi connectivity index (χ2v) is 10.5. The van der Waals surface area contributed by atoms with Gasteiger partial charge in [-0.05, 0) is 47.3 Å². The molecule has 0 atom stereocenters. The van der Waals surface area contributed by atoms with Gasteiger partial charge >= 0.3 is 0 Å². The molecule has 1 aliphatic heterocycles. The zero-order valence-corrected chi connectivity index (χ0v) is 22.8. The van der Waals surface area contributed by atoms with E-state index in [0.717, 1.165) is 67.1 Å². The molecule has 41 heavy (non-hydrogen) atoms. The van der Waals surface area contributed by atoms with E-state index in [4.69, 9.17) is 21.3 Å². The maximum Gasteiger partial charge on any atom is 0.256 e. The highest BCUT2D eigenvalue weighted by molar-refractivity contribution is 6.33. The lowest BCUT2D eigenvalue weighted by atomic mass is 9.97. The number of ether oxygens (including phenoxy) is 1. The molecule has 6 aromatic rings. The van der Waals surface area contributed by atoms with Crippen LogP contribution >= 0.6 is 11.6 Å². The van der Waals surface area contributed by atoms with Crippen LogP contribution in [0.25, 0.3) is 55.1 Å². The van der Waals surface area contributed by atoms with E-state index in [0.29, 0.717) is 27.6 Å². The summed E-state index contributed by atoms with van der Waals surface area (Å²) < 4.78 is 20.2. The summed E-state index contributed by atoms with van der Waals surface area (Å²) in [7, 11) is 0. The van der Waals surface area contributed by atoms with Crippen LogP contribution in [-0.4, -0.2) is 64.2 Å². The van der Waals surface area contributed by atoms with E-state index in [-0.39, 0.29) is 16.1 Å². The molecule has 8 nitrogen and oxygen atoms in total. The highest BCUT2D eigenvalue weighted by atomic mass is 35.5. The van der Waals surface area contributed by atoms with Crippen LogP contribution in [-0.2, 0) is 4.74 Å².